The molecule has 0 fully saturated rings. The van der Waals surface area contributed by atoms with Crippen LogP contribution < -0.4 is 5.32 Å². The van der Waals surface area contributed by atoms with Gasteiger partial charge in [-0.3, -0.25) is 0 Å². The van der Waals surface area contributed by atoms with Crippen molar-refractivity contribution in [3.05, 3.63) is 71.8 Å². The zero-order valence-electron chi connectivity index (χ0n) is 22.0. The van der Waals surface area contributed by atoms with Gasteiger partial charge >= 0.3 is 12.1 Å². The predicted molar refractivity (Wildman–Crippen MR) is 138 cm³/mol. The minimum atomic E-state index is -1.28. The molecule has 0 saturated carbocycles. The van der Waals surface area contributed by atoms with Crippen LogP contribution in [0.4, 0.5) is 4.79 Å². The van der Waals surface area contributed by atoms with E-state index in [4.69, 9.17) is 18.9 Å². The number of hydrogen-bond acceptors (Lipinski definition) is 7. The number of alkyl carbamates (subject to hydrolysis) is 1. The van der Waals surface area contributed by atoms with Crippen LogP contribution in [0, 0.1) is 0 Å². The van der Waals surface area contributed by atoms with Gasteiger partial charge in [-0.1, -0.05) is 60.7 Å². The molecule has 3 N–H and O–H groups in total. The minimum Gasteiger partial charge on any atom is -0.480 e. The first kappa shape index (κ1) is 30.2. The quantitative estimate of drug-likeness (QED) is 0.304. The monoisotopic (exact) mass is 517 g/mol. The second-order valence-corrected chi connectivity index (χ2v) is 9.74. The molecule has 0 aliphatic carbocycles. The standard InChI is InChI=1S/C28H39NO8/c1-20(30)25(36-18-22-13-9-6-10-14-22)24(35-17-21-11-7-5-8-12-21)15-16-34-19-23(26(31)32)29-27(33)37-28(2,3)4/h5-14,20,23-25,30H,15-19H2,1-4H3,(H,29,33)(H,31,32)/t20-,23?,24-,25-/m0/s1. The van der Waals surface area contributed by atoms with Crippen LogP contribution in [0.2, 0.25) is 0 Å². The van der Waals surface area contributed by atoms with Crippen molar-refractivity contribution in [3.8, 4) is 0 Å². The third-order valence-corrected chi connectivity index (χ3v) is 5.25. The lowest BCUT2D eigenvalue weighted by atomic mass is 10.1. The summed E-state index contributed by atoms with van der Waals surface area (Å²) in [6.45, 7) is 7.17. The average Bonchev–Trinajstić information content (AvgIpc) is 2.83. The number of nitrogens with one attached hydrogen (secondary N) is 1. The van der Waals surface area contributed by atoms with Crippen LogP contribution in [0.5, 0.6) is 0 Å². The van der Waals surface area contributed by atoms with Gasteiger partial charge in [0.15, 0.2) is 6.04 Å². The van der Waals surface area contributed by atoms with E-state index in [1.54, 1.807) is 27.7 Å². The van der Waals surface area contributed by atoms with E-state index in [0.29, 0.717) is 19.6 Å². The van der Waals surface area contributed by atoms with Gasteiger partial charge in [0, 0.05) is 6.61 Å². The van der Waals surface area contributed by atoms with Gasteiger partial charge < -0.3 is 34.5 Å². The molecule has 0 aromatic heterocycles. The molecule has 9 heteroatoms. The zero-order chi connectivity index (χ0) is 27.3. The van der Waals surface area contributed by atoms with Crippen molar-refractivity contribution in [1.29, 1.82) is 0 Å². The largest absolute Gasteiger partial charge is 0.480 e. The van der Waals surface area contributed by atoms with Gasteiger partial charge in [0.05, 0.1) is 32.0 Å². The SMILES string of the molecule is C[C@H](O)[C@H](OCc1ccccc1)[C@H](CCOCC(NC(=O)OC(C)(C)C)C(=O)O)OCc1ccccc1. The number of carboxylic acid groups (broad SMARTS) is 1. The normalized spacial score (nSPS) is 14.8. The maximum absolute atomic E-state index is 12.0. The Morgan fingerprint density at radius 2 is 1.46 bits per heavy atom. The van der Waals surface area contributed by atoms with E-state index in [1.807, 2.05) is 60.7 Å². The molecule has 1 amide bonds. The molecule has 2 rings (SSSR count). The molecule has 1 unspecified atom stereocenters. The minimum absolute atomic E-state index is 0.122. The van der Waals surface area contributed by atoms with Crippen molar-refractivity contribution < 1.29 is 38.7 Å². The van der Waals surface area contributed by atoms with Gasteiger partial charge in [-0.05, 0) is 45.2 Å². The number of carbonyl (C=O) groups is 2. The predicted octanol–water partition coefficient (Wildman–Crippen LogP) is 3.92. The molecule has 4 atom stereocenters. The highest BCUT2D eigenvalue weighted by Crippen LogP contribution is 2.18. The second kappa shape index (κ2) is 15.3. The first-order valence-corrected chi connectivity index (χ1v) is 12.3. The Morgan fingerprint density at radius 3 is 1.95 bits per heavy atom. The van der Waals surface area contributed by atoms with E-state index in [2.05, 4.69) is 5.32 Å². The highest BCUT2D eigenvalue weighted by atomic mass is 16.6. The Balaban J connectivity index is 1.99. The molecular weight excluding hydrogens is 478 g/mol. The first-order valence-electron chi connectivity index (χ1n) is 12.3. The molecule has 0 aliphatic heterocycles. The summed E-state index contributed by atoms with van der Waals surface area (Å²) in [7, 11) is 0. The number of carboxylic acids is 1. The van der Waals surface area contributed by atoms with E-state index in [9.17, 15) is 19.8 Å². The average molecular weight is 518 g/mol. The number of rotatable bonds is 15. The van der Waals surface area contributed by atoms with Gasteiger partial charge in [0.2, 0.25) is 0 Å². The topological polar surface area (TPSA) is 124 Å². The van der Waals surface area contributed by atoms with Gasteiger partial charge in [-0.25, -0.2) is 9.59 Å². The van der Waals surface area contributed by atoms with Crippen LogP contribution in [0.1, 0.15) is 45.2 Å². The summed E-state index contributed by atoms with van der Waals surface area (Å²) >= 11 is 0. The van der Waals surface area contributed by atoms with Gasteiger partial charge in [0.25, 0.3) is 0 Å². The summed E-state index contributed by atoms with van der Waals surface area (Å²) in [4.78, 5) is 23.5. The molecule has 0 saturated heterocycles. The fourth-order valence-corrected chi connectivity index (χ4v) is 3.47. The molecule has 0 aliphatic rings. The van der Waals surface area contributed by atoms with Crippen molar-refractivity contribution in [1.82, 2.24) is 5.32 Å². The molecule has 0 bridgehead atoms. The van der Waals surface area contributed by atoms with Gasteiger partial charge in [0.1, 0.15) is 11.7 Å². The van der Waals surface area contributed by atoms with Crippen LogP contribution in [-0.2, 0) is 37.0 Å². The number of ether oxygens (including phenoxy) is 4. The lowest BCUT2D eigenvalue weighted by molar-refractivity contribution is -0.142. The van der Waals surface area contributed by atoms with Crippen molar-refractivity contribution in [2.24, 2.45) is 0 Å². The van der Waals surface area contributed by atoms with Crippen LogP contribution in [-0.4, -0.2) is 65.4 Å². The highest BCUT2D eigenvalue weighted by molar-refractivity contribution is 5.80. The summed E-state index contributed by atoms with van der Waals surface area (Å²) in [5, 5.41) is 22.2. The molecule has 37 heavy (non-hydrogen) atoms. The van der Waals surface area contributed by atoms with Crippen LogP contribution in [0.25, 0.3) is 0 Å². The number of aliphatic hydroxyl groups excluding tert-OH is 1. The Hall–Kier alpha value is -2.98. The maximum Gasteiger partial charge on any atom is 0.408 e. The van der Waals surface area contributed by atoms with Gasteiger partial charge in [-0.2, -0.15) is 0 Å². The third kappa shape index (κ3) is 12.2. The molecule has 0 spiro atoms. The number of aliphatic hydroxyl groups is 1. The molecule has 2 aromatic rings. The van der Waals surface area contributed by atoms with Crippen molar-refractivity contribution in [3.63, 3.8) is 0 Å². The smallest absolute Gasteiger partial charge is 0.408 e. The number of hydrogen-bond donors (Lipinski definition) is 3. The molecule has 0 heterocycles. The van der Waals surface area contributed by atoms with E-state index in [1.165, 1.54) is 0 Å². The van der Waals surface area contributed by atoms with E-state index in [-0.39, 0.29) is 13.2 Å². The van der Waals surface area contributed by atoms with Crippen LogP contribution >= 0.6 is 0 Å². The van der Waals surface area contributed by atoms with Crippen molar-refractivity contribution in [2.45, 2.75) is 77.3 Å². The Morgan fingerprint density at radius 1 is 0.919 bits per heavy atom. The number of benzene rings is 2. The Bertz CT molecular complexity index is 930. The lowest BCUT2D eigenvalue weighted by Gasteiger charge is -2.30. The number of amides is 1. The third-order valence-electron chi connectivity index (χ3n) is 5.25. The molecular formula is C28H39NO8. The summed E-state index contributed by atoms with van der Waals surface area (Å²) in [5.41, 5.74) is 1.17. The number of aliphatic carboxylic acids is 1. The zero-order valence-corrected chi connectivity index (χ0v) is 22.0. The highest BCUT2D eigenvalue weighted by Gasteiger charge is 2.29. The first-order chi connectivity index (χ1) is 17.5. The van der Waals surface area contributed by atoms with Crippen LogP contribution in [0.15, 0.2) is 60.7 Å². The number of carbonyl (C=O) groups excluding carboxylic acids is 1. The fourth-order valence-electron chi connectivity index (χ4n) is 3.47. The Labute approximate surface area is 218 Å². The van der Waals surface area contributed by atoms with Crippen molar-refractivity contribution in [2.75, 3.05) is 13.2 Å². The van der Waals surface area contributed by atoms with E-state index < -0.39 is 42.0 Å². The summed E-state index contributed by atoms with van der Waals surface area (Å²) in [6.07, 6.45) is -2.52. The molecule has 9 nitrogen and oxygen atoms in total. The molecule has 2 aromatic carbocycles. The summed E-state index contributed by atoms with van der Waals surface area (Å²) < 4.78 is 22.9. The van der Waals surface area contributed by atoms with Crippen LogP contribution in [0.3, 0.4) is 0 Å². The Kier molecular flexibility index (Phi) is 12.5. The summed E-state index contributed by atoms with van der Waals surface area (Å²) in [5.74, 6) is -1.24. The lowest BCUT2D eigenvalue weighted by Crippen LogP contribution is -2.46. The molecule has 204 valence electrons. The fraction of sp³-hybridized carbons (Fsp3) is 0.500. The maximum atomic E-state index is 12.0. The summed E-state index contributed by atoms with van der Waals surface area (Å²) in [6, 6.07) is 18.0. The second-order valence-electron chi connectivity index (χ2n) is 9.74. The van der Waals surface area contributed by atoms with Gasteiger partial charge in [-0.15, -0.1) is 0 Å². The van der Waals surface area contributed by atoms with E-state index in [0.717, 1.165) is 11.1 Å². The molecule has 0 radical (unpaired) electrons. The van der Waals surface area contributed by atoms with E-state index >= 15 is 0 Å². The van der Waals surface area contributed by atoms with Crippen molar-refractivity contribution >= 4 is 12.1 Å².